The second kappa shape index (κ2) is 7.81. The van der Waals surface area contributed by atoms with E-state index in [2.05, 4.69) is 5.32 Å². The Morgan fingerprint density at radius 1 is 0.938 bits per heavy atom. The Hall–Kier alpha value is -3.62. The van der Waals surface area contributed by atoms with Crippen molar-refractivity contribution in [3.63, 3.8) is 0 Å². The molecule has 0 aliphatic carbocycles. The van der Waals surface area contributed by atoms with Crippen LogP contribution in [0.15, 0.2) is 88.2 Å². The second-order valence-electron chi connectivity index (χ2n) is 7.19. The van der Waals surface area contributed by atoms with E-state index in [-0.39, 0.29) is 5.69 Å². The number of carbonyl (C=O) groups excluding carboxylic acids is 2. The zero-order valence-corrected chi connectivity index (χ0v) is 17.9. The van der Waals surface area contributed by atoms with Crippen LogP contribution in [-0.4, -0.2) is 16.7 Å². The van der Waals surface area contributed by atoms with Crippen LogP contribution in [0.3, 0.4) is 0 Å². The fraction of sp³-hybridized carbons (Fsp3) is 0.0435. The third-order valence-electron chi connectivity index (χ3n) is 5.29. The van der Waals surface area contributed by atoms with Crippen molar-refractivity contribution >= 4 is 52.2 Å². The number of carbonyl (C=O) groups is 2. The topological polar surface area (TPSA) is 92.5 Å². The van der Waals surface area contributed by atoms with Gasteiger partial charge in [-0.25, -0.2) is 4.90 Å². The molecular weight excluding hydrogens is 450 g/mol. The molecule has 158 valence electrons. The number of nitro benzene ring substituents is 1. The summed E-state index contributed by atoms with van der Waals surface area (Å²) in [4.78, 5) is 39.8. The summed E-state index contributed by atoms with van der Waals surface area (Å²) in [5, 5.41) is 14.9. The standard InChI is InChI=1S/C23H14ClN3O4S/c24-14-7-11-15(12-8-14)26-22(28)19-20(13-5-9-16(10-6-13)27(30)31)25-17-3-1-2-4-18(17)32-21(19)23(26)29/h1-12,20,25H. The van der Waals surface area contributed by atoms with Crippen molar-refractivity contribution in [3.05, 3.63) is 104 Å². The van der Waals surface area contributed by atoms with E-state index in [1.165, 1.54) is 23.9 Å². The molecule has 5 rings (SSSR count). The SMILES string of the molecule is O=C1C2=C(C(=O)N1c1ccc(Cl)cc1)C(c1ccc([N+](=O)[O-])cc1)Nc1ccccc1S2. The number of non-ortho nitro benzene ring substituents is 1. The van der Waals surface area contributed by atoms with Crippen LogP contribution in [0.25, 0.3) is 0 Å². The van der Waals surface area contributed by atoms with Gasteiger partial charge in [-0.2, -0.15) is 0 Å². The molecule has 1 unspecified atom stereocenters. The zero-order chi connectivity index (χ0) is 22.4. The van der Waals surface area contributed by atoms with Crippen LogP contribution in [0.2, 0.25) is 5.02 Å². The number of halogens is 1. The number of imide groups is 1. The van der Waals surface area contributed by atoms with Gasteiger partial charge in [-0.3, -0.25) is 19.7 Å². The first kappa shape index (κ1) is 20.3. The molecule has 0 radical (unpaired) electrons. The summed E-state index contributed by atoms with van der Waals surface area (Å²) in [6.45, 7) is 0. The van der Waals surface area contributed by atoms with Crippen LogP contribution in [-0.2, 0) is 9.59 Å². The van der Waals surface area contributed by atoms with Crippen LogP contribution < -0.4 is 10.2 Å². The Morgan fingerprint density at radius 3 is 2.31 bits per heavy atom. The fourth-order valence-corrected chi connectivity index (χ4v) is 4.98. The lowest BCUT2D eigenvalue weighted by atomic mass is 9.97. The van der Waals surface area contributed by atoms with Crippen LogP contribution in [0, 0.1) is 10.1 Å². The van der Waals surface area contributed by atoms with Crippen molar-refractivity contribution in [2.45, 2.75) is 10.9 Å². The van der Waals surface area contributed by atoms with E-state index in [1.54, 1.807) is 36.4 Å². The summed E-state index contributed by atoms with van der Waals surface area (Å²) in [5.74, 6) is -0.855. The summed E-state index contributed by atoms with van der Waals surface area (Å²) in [5.41, 5.74) is 2.09. The quantitative estimate of drug-likeness (QED) is 0.320. The molecule has 2 amide bonds. The van der Waals surface area contributed by atoms with Crippen molar-refractivity contribution in [2.24, 2.45) is 0 Å². The van der Waals surface area contributed by atoms with E-state index in [4.69, 9.17) is 11.6 Å². The number of nitrogens with one attached hydrogen (secondary N) is 1. The molecule has 1 N–H and O–H groups in total. The van der Waals surface area contributed by atoms with E-state index in [0.717, 1.165) is 15.5 Å². The molecule has 0 bridgehead atoms. The van der Waals surface area contributed by atoms with Crippen LogP contribution in [0.5, 0.6) is 0 Å². The summed E-state index contributed by atoms with van der Waals surface area (Å²) in [6, 6.07) is 19.3. The highest BCUT2D eigenvalue weighted by Crippen LogP contribution is 2.48. The molecule has 3 aromatic carbocycles. The first-order valence-corrected chi connectivity index (χ1v) is 10.8. The fourth-order valence-electron chi connectivity index (χ4n) is 3.76. The maximum atomic E-state index is 13.6. The maximum Gasteiger partial charge on any atom is 0.272 e. The molecule has 3 aromatic rings. The lowest BCUT2D eigenvalue weighted by Crippen LogP contribution is -2.33. The molecule has 2 aliphatic rings. The highest BCUT2D eigenvalue weighted by atomic mass is 35.5. The number of rotatable bonds is 3. The summed E-state index contributed by atoms with van der Waals surface area (Å²) >= 11 is 7.21. The molecule has 0 aromatic heterocycles. The molecular formula is C23H14ClN3O4S. The predicted octanol–water partition coefficient (Wildman–Crippen LogP) is 5.33. The lowest BCUT2D eigenvalue weighted by molar-refractivity contribution is -0.384. The third-order valence-corrected chi connectivity index (χ3v) is 6.71. The van der Waals surface area contributed by atoms with E-state index in [9.17, 15) is 19.7 Å². The largest absolute Gasteiger partial charge is 0.373 e. The Labute approximate surface area is 191 Å². The molecule has 2 heterocycles. The summed E-state index contributed by atoms with van der Waals surface area (Å²) in [6.07, 6.45) is 0. The van der Waals surface area contributed by atoms with Gasteiger partial charge in [0.05, 0.1) is 27.1 Å². The molecule has 1 atom stereocenters. The van der Waals surface area contributed by atoms with Gasteiger partial charge in [0.1, 0.15) is 0 Å². The van der Waals surface area contributed by atoms with Crippen molar-refractivity contribution in [1.29, 1.82) is 0 Å². The average Bonchev–Trinajstić information content (AvgIpc) is 2.94. The molecule has 9 heteroatoms. The van der Waals surface area contributed by atoms with Gasteiger partial charge >= 0.3 is 0 Å². The van der Waals surface area contributed by atoms with Gasteiger partial charge in [0, 0.05) is 27.7 Å². The second-order valence-corrected chi connectivity index (χ2v) is 8.68. The molecule has 0 fully saturated rings. The first-order chi connectivity index (χ1) is 15.4. The summed E-state index contributed by atoms with van der Waals surface area (Å²) in [7, 11) is 0. The van der Waals surface area contributed by atoms with Gasteiger partial charge < -0.3 is 5.32 Å². The number of amides is 2. The van der Waals surface area contributed by atoms with E-state index in [0.29, 0.717) is 26.8 Å². The minimum absolute atomic E-state index is 0.0528. The predicted molar refractivity (Wildman–Crippen MR) is 123 cm³/mol. The Morgan fingerprint density at radius 2 is 1.62 bits per heavy atom. The Kier molecular flexibility index (Phi) is 4.96. The number of nitro groups is 1. The number of para-hydroxylation sites is 1. The van der Waals surface area contributed by atoms with Crippen LogP contribution >= 0.6 is 23.4 Å². The molecule has 0 spiro atoms. The molecule has 0 saturated heterocycles. The lowest BCUT2D eigenvalue weighted by Gasteiger charge is -2.22. The Bertz CT molecular complexity index is 1310. The van der Waals surface area contributed by atoms with Gasteiger partial charge in [-0.05, 0) is 54.1 Å². The zero-order valence-electron chi connectivity index (χ0n) is 16.3. The smallest absolute Gasteiger partial charge is 0.272 e. The monoisotopic (exact) mass is 463 g/mol. The summed E-state index contributed by atoms with van der Waals surface area (Å²) < 4.78 is 0. The highest BCUT2D eigenvalue weighted by molar-refractivity contribution is 8.04. The number of benzene rings is 3. The number of nitrogens with zero attached hydrogens (tertiary/aromatic N) is 2. The number of hydrogen-bond donors (Lipinski definition) is 1. The average molecular weight is 464 g/mol. The molecule has 32 heavy (non-hydrogen) atoms. The molecule has 0 saturated carbocycles. The number of thioether (sulfide) groups is 1. The van der Waals surface area contributed by atoms with E-state index >= 15 is 0 Å². The van der Waals surface area contributed by atoms with E-state index < -0.39 is 22.8 Å². The number of hydrogen-bond acceptors (Lipinski definition) is 6. The minimum atomic E-state index is -0.657. The third kappa shape index (κ3) is 3.34. The Balaban J connectivity index is 1.63. The maximum absolute atomic E-state index is 13.6. The van der Waals surface area contributed by atoms with Crippen LogP contribution in [0.4, 0.5) is 17.1 Å². The highest BCUT2D eigenvalue weighted by Gasteiger charge is 2.45. The first-order valence-electron chi connectivity index (χ1n) is 9.60. The van der Waals surface area contributed by atoms with E-state index in [1.807, 2.05) is 24.3 Å². The van der Waals surface area contributed by atoms with Crippen molar-refractivity contribution < 1.29 is 14.5 Å². The minimum Gasteiger partial charge on any atom is -0.373 e. The molecule has 7 nitrogen and oxygen atoms in total. The van der Waals surface area contributed by atoms with Crippen LogP contribution in [0.1, 0.15) is 11.6 Å². The van der Waals surface area contributed by atoms with Gasteiger partial charge in [0.2, 0.25) is 0 Å². The van der Waals surface area contributed by atoms with Gasteiger partial charge in [0.25, 0.3) is 17.5 Å². The van der Waals surface area contributed by atoms with Gasteiger partial charge in [0.15, 0.2) is 0 Å². The van der Waals surface area contributed by atoms with Gasteiger partial charge in [-0.1, -0.05) is 35.5 Å². The normalized spacial score (nSPS) is 17.5. The molecule has 2 aliphatic heterocycles. The van der Waals surface area contributed by atoms with Crippen molar-refractivity contribution in [2.75, 3.05) is 10.2 Å². The van der Waals surface area contributed by atoms with Crippen molar-refractivity contribution in [3.8, 4) is 0 Å². The number of fused-ring (bicyclic) bond motifs is 1. The van der Waals surface area contributed by atoms with Crippen molar-refractivity contribution in [1.82, 2.24) is 0 Å². The van der Waals surface area contributed by atoms with Gasteiger partial charge in [-0.15, -0.1) is 0 Å². The number of anilines is 2.